The zero-order chi connectivity index (χ0) is 19.9. The molecule has 0 aromatic carbocycles. The first-order valence-electron chi connectivity index (χ1n) is 10.2. The number of aromatic nitrogens is 7. The Labute approximate surface area is 172 Å². The number of nitrogens with one attached hydrogen (secondary N) is 3. The van der Waals surface area contributed by atoms with E-state index in [1.165, 1.54) is 0 Å². The number of aromatic amines is 2. The van der Waals surface area contributed by atoms with E-state index in [9.17, 15) is 0 Å². The van der Waals surface area contributed by atoms with Gasteiger partial charge in [0.05, 0.1) is 16.7 Å². The van der Waals surface area contributed by atoms with Crippen LogP contribution in [0.3, 0.4) is 0 Å². The molecule has 0 unspecified atom stereocenters. The van der Waals surface area contributed by atoms with E-state index in [2.05, 4.69) is 42.6 Å². The second-order valence-corrected chi connectivity index (χ2v) is 7.61. The third-order valence-corrected chi connectivity index (χ3v) is 5.77. The van der Waals surface area contributed by atoms with Gasteiger partial charge in [-0.2, -0.15) is 5.10 Å². The maximum Gasteiger partial charge on any atom is 0.161 e. The summed E-state index contributed by atoms with van der Waals surface area (Å²) in [5.41, 5.74) is 7.15. The smallest absolute Gasteiger partial charge is 0.161 e. The van der Waals surface area contributed by atoms with Gasteiger partial charge in [-0.05, 0) is 56.3 Å². The number of piperidine rings is 1. The molecule has 8 nitrogen and oxygen atoms in total. The Morgan fingerprint density at radius 2 is 1.63 bits per heavy atom. The van der Waals surface area contributed by atoms with E-state index < -0.39 is 0 Å². The van der Waals surface area contributed by atoms with Crippen LogP contribution in [0, 0.1) is 0 Å². The minimum Gasteiger partial charge on any atom is -0.336 e. The average Bonchev–Trinajstić information content (AvgIpc) is 3.43. The van der Waals surface area contributed by atoms with Crippen molar-refractivity contribution in [2.45, 2.75) is 18.8 Å². The van der Waals surface area contributed by atoms with Gasteiger partial charge in [-0.3, -0.25) is 15.1 Å². The zero-order valence-corrected chi connectivity index (χ0v) is 16.3. The molecule has 0 radical (unpaired) electrons. The lowest BCUT2D eigenvalue weighted by molar-refractivity contribution is 0.454. The lowest BCUT2D eigenvalue weighted by Crippen LogP contribution is -2.27. The molecular formula is C22H20N8. The number of pyridine rings is 3. The molecule has 5 aromatic heterocycles. The van der Waals surface area contributed by atoms with Crippen LogP contribution in [-0.2, 0) is 0 Å². The molecule has 6 rings (SSSR count). The highest BCUT2D eigenvalue weighted by Crippen LogP contribution is 2.31. The number of rotatable bonds is 3. The summed E-state index contributed by atoms with van der Waals surface area (Å²) in [6.07, 6.45) is 7.53. The predicted octanol–water partition coefficient (Wildman–Crippen LogP) is 3.43. The summed E-state index contributed by atoms with van der Waals surface area (Å²) >= 11 is 0. The molecule has 5 aromatic rings. The molecule has 0 amide bonds. The normalized spacial score (nSPS) is 15.2. The molecule has 1 saturated heterocycles. The fraction of sp³-hybridized carbons (Fsp3) is 0.227. The van der Waals surface area contributed by atoms with Crippen molar-refractivity contribution in [1.82, 2.24) is 40.4 Å². The van der Waals surface area contributed by atoms with E-state index >= 15 is 0 Å². The maximum atomic E-state index is 4.98. The summed E-state index contributed by atoms with van der Waals surface area (Å²) in [7, 11) is 0. The van der Waals surface area contributed by atoms with E-state index in [0.29, 0.717) is 11.7 Å². The van der Waals surface area contributed by atoms with E-state index in [1.807, 2.05) is 18.2 Å². The number of hydrogen-bond acceptors (Lipinski definition) is 6. The van der Waals surface area contributed by atoms with Gasteiger partial charge in [0.15, 0.2) is 11.5 Å². The molecule has 0 saturated carbocycles. The van der Waals surface area contributed by atoms with Crippen LogP contribution in [0.1, 0.15) is 24.5 Å². The van der Waals surface area contributed by atoms with Crippen molar-refractivity contribution in [1.29, 1.82) is 0 Å². The number of fused-ring (bicyclic) bond motifs is 2. The van der Waals surface area contributed by atoms with Crippen molar-refractivity contribution in [3.63, 3.8) is 0 Å². The number of imidazole rings is 1. The minimum atomic E-state index is 0.483. The molecule has 0 aliphatic carbocycles. The Bertz CT molecular complexity index is 1330. The number of nitrogens with zero attached hydrogens (tertiary/aromatic N) is 5. The van der Waals surface area contributed by atoms with Gasteiger partial charge in [-0.25, -0.2) is 9.97 Å². The van der Waals surface area contributed by atoms with Crippen molar-refractivity contribution in [2.75, 3.05) is 13.1 Å². The van der Waals surface area contributed by atoms with Gasteiger partial charge < -0.3 is 10.3 Å². The van der Waals surface area contributed by atoms with Crippen LogP contribution >= 0.6 is 0 Å². The van der Waals surface area contributed by atoms with Crippen LogP contribution in [0.25, 0.3) is 44.8 Å². The van der Waals surface area contributed by atoms with E-state index in [1.54, 1.807) is 18.6 Å². The SMILES string of the molecule is c1cc(-c2nccc3[nH]c(-c4n[nH]c5ccc(C6CCNCC6)nc45)nc23)ccn1. The topological polar surface area (TPSA) is 108 Å². The van der Waals surface area contributed by atoms with Crippen LogP contribution < -0.4 is 5.32 Å². The quantitative estimate of drug-likeness (QED) is 0.431. The highest BCUT2D eigenvalue weighted by atomic mass is 15.2. The highest BCUT2D eigenvalue weighted by molar-refractivity contribution is 5.94. The zero-order valence-electron chi connectivity index (χ0n) is 16.3. The van der Waals surface area contributed by atoms with Crippen molar-refractivity contribution in [3.05, 3.63) is 54.6 Å². The summed E-state index contributed by atoms with van der Waals surface area (Å²) in [6.45, 7) is 2.08. The van der Waals surface area contributed by atoms with Crippen LogP contribution in [0.2, 0.25) is 0 Å². The lowest BCUT2D eigenvalue weighted by Gasteiger charge is -2.22. The molecule has 1 aliphatic rings. The largest absolute Gasteiger partial charge is 0.336 e. The third kappa shape index (κ3) is 2.84. The maximum absolute atomic E-state index is 4.98. The van der Waals surface area contributed by atoms with Crippen molar-refractivity contribution < 1.29 is 0 Å². The molecule has 8 heteroatoms. The Hall–Kier alpha value is -3.65. The van der Waals surface area contributed by atoms with Crippen LogP contribution in [-0.4, -0.2) is 48.2 Å². The Morgan fingerprint density at radius 3 is 2.50 bits per heavy atom. The number of hydrogen-bond donors (Lipinski definition) is 3. The van der Waals surface area contributed by atoms with Gasteiger partial charge >= 0.3 is 0 Å². The number of H-pyrrole nitrogens is 2. The fourth-order valence-electron chi connectivity index (χ4n) is 4.19. The molecule has 148 valence electrons. The molecular weight excluding hydrogens is 376 g/mol. The fourth-order valence-corrected chi connectivity index (χ4v) is 4.19. The van der Waals surface area contributed by atoms with Gasteiger partial charge in [-0.1, -0.05) is 0 Å². The van der Waals surface area contributed by atoms with Crippen LogP contribution in [0.5, 0.6) is 0 Å². The van der Waals surface area contributed by atoms with Gasteiger partial charge in [-0.15, -0.1) is 0 Å². The molecule has 6 heterocycles. The van der Waals surface area contributed by atoms with E-state index in [4.69, 9.17) is 9.97 Å². The summed E-state index contributed by atoms with van der Waals surface area (Å²) in [5, 5.41) is 11.0. The minimum absolute atomic E-state index is 0.483. The van der Waals surface area contributed by atoms with Gasteiger partial charge in [0.1, 0.15) is 11.0 Å². The first-order chi connectivity index (χ1) is 14.9. The average molecular weight is 396 g/mol. The van der Waals surface area contributed by atoms with Gasteiger partial charge in [0, 0.05) is 35.8 Å². The Morgan fingerprint density at radius 1 is 0.800 bits per heavy atom. The molecule has 30 heavy (non-hydrogen) atoms. The van der Waals surface area contributed by atoms with Crippen molar-refractivity contribution >= 4 is 22.1 Å². The van der Waals surface area contributed by atoms with Crippen molar-refractivity contribution in [2.24, 2.45) is 0 Å². The molecule has 3 N–H and O–H groups in total. The lowest BCUT2D eigenvalue weighted by atomic mass is 9.94. The molecule has 0 spiro atoms. The summed E-state index contributed by atoms with van der Waals surface area (Å²) in [4.78, 5) is 21.9. The monoisotopic (exact) mass is 396 g/mol. The Kier molecular flexibility index (Phi) is 4.02. The molecule has 1 aliphatic heterocycles. The molecule has 1 fully saturated rings. The summed E-state index contributed by atoms with van der Waals surface area (Å²) in [6, 6.07) is 9.99. The second kappa shape index (κ2) is 7.00. The van der Waals surface area contributed by atoms with Crippen LogP contribution in [0.4, 0.5) is 0 Å². The van der Waals surface area contributed by atoms with Crippen molar-refractivity contribution in [3.8, 4) is 22.8 Å². The highest BCUT2D eigenvalue weighted by Gasteiger charge is 2.20. The second-order valence-electron chi connectivity index (χ2n) is 7.61. The Balaban J connectivity index is 1.47. The van der Waals surface area contributed by atoms with E-state index in [-0.39, 0.29) is 0 Å². The first kappa shape index (κ1) is 17.2. The molecule has 0 bridgehead atoms. The summed E-state index contributed by atoms with van der Waals surface area (Å²) < 4.78 is 0. The molecule has 0 atom stereocenters. The van der Waals surface area contributed by atoms with Crippen LogP contribution in [0.15, 0.2) is 48.9 Å². The summed E-state index contributed by atoms with van der Waals surface area (Å²) in [5.74, 6) is 1.17. The van der Waals surface area contributed by atoms with E-state index in [0.717, 1.165) is 70.6 Å². The standard InChI is InChI=1S/C22H20N8/c1-2-17-20(26-15(1)13-3-8-23-9-4-13)21(30-29-17)22-27-16-7-12-25-18(19(16)28-22)14-5-10-24-11-6-14/h1-2,5-7,10-13,23H,3-4,8-9H2,(H,27,28)(H,29,30). The van der Waals surface area contributed by atoms with Gasteiger partial charge in [0.2, 0.25) is 0 Å². The first-order valence-corrected chi connectivity index (χ1v) is 10.2. The van der Waals surface area contributed by atoms with Gasteiger partial charge in [0.25, 0.3) is 0 Å². The third-order valence-electron chi connectivity index (χ3n) is 5.77. The predicted molar refractivity (Wildman–Crippen MR) is 115 cm³/mol.